The summed E-state index contributed by atoms with van der Waals surface area (Å²) in [7, 11) is 0. The Morgan fingerprint density at radius 1 is 0.714 bits per heavy atom. The molecule has 0 aliphatic rings. The Hall–Kier alpha value is -5.56. The van der Waals surface area contributed by atoms with E-state index < -0.39 is 0 Å². The quantitative estimate of drug-likeness (QED) is 0.156. The zero-order valence-corrected chi connectivity index (χ0v) is 29.2. The maximum Gasteiger partial charge on any atom is 0.137 e. The first-order valence-corrected chi connectivity index (χ1v) is 16.9. The van der Waals surface area contributed by atoms with Gasteiger partial charge in [0.15, 0.2) is 0 Å². The topological polar surface area (TPSA) is 63.3 Å². The third-order valence-corrected chi connectivity index (χ3v) is 8.86. The van der Waals surface area contributed by atoms with E-state index >= 15 is 0 Å². The third kappa shape index (κ3) is 6.01. The second kappa shape index (κ2) is 12.8. The molecule has 248 valence electrons. The van der Waals surface area contributed by atoms with Crippen LogP contribution >= 0.6 is 0 Å². The minimum Gasteiger partial charge on any atom is -0.493 e. The van der Waals surface area contributed by atoms with Crippen LogP contribution in [0.5, 0.6) is 23.0 Å². The molecule has 0 N–H and O–H groups in total. The molecule has 7 heteroatoms. The summed E-state index contributed by atoms with van der Waals surface area (Å²) < 4.78 is 22.9. The summed E-state index contributed by atoms with van der Waals surface area (Å²) in [6.07, 6.45) is 5.78. The summed E-state index contributed by atoms with van der Waals surface area (Å²) in [5.41, 5.74) is 8.23. The third-order valence-electron chi connectivity index (χ3n) is 8.86. The fourth-order valence-electron chi connectivity index (χ4n) is 6.56. The van der Waals surface area contributed by atoms with Gasteiger partial charge in [0.05, 0.1) is 41.7 Å². The van der Waals surface area contributed by atoms with Gasteiger partial charge in [-0.3, -0.25) is 4.57 Å². The lowest BCUT2D eigenvalue weighted by atomic mass is 9.88. The molecule has 4 aromatic carbocycles. The van der Waals surface area contributed by atoms with Crippen LogP contribution in [0.3, 0.4) is 0 Å². The number of pyridine rings is 1. The minimum absolute atomic E-state index is 0.00120. The van der Waals surface area contributed by atoms with Gasteiger partial charge in [0.25, 0.3) is 0 Å². The lowest BCUT2D eigenvalue weighted by Crippen LogP contribution is -2.12. The van der Waals surface area contributed by atoms with Gasteiger partial charge in [0, 0.05) is 40.9 Å². The van der Waals surface area contributed by atoms with Crippen LogP contribution in [0.4, 0.5) is 0 Å². The van der Waals surface area contributed by atoms with Crippen LogP contribution in [0.1, 0.15) is 51.3 Å². The van der Waals surface area contributed by atoms with Crippen LogP contribution in [-0.2, 0) is 5.41 Å². The normalized spacial score (nSPS) is 11.7. The molecule has 0 saturated carbocycles. The highest BCUT2D eigenvalue weighted by Gasteiger charge is 2.21. The van der Waals surface area contributed by atoms with Crippen LogP contribution in [0.15, 0.2) is 104 Å². The minimum atomic E-state index is 0.00120. The van der Waals surface area contributed by atoms with Gasteiger partial charge in [0.2, 0.25) is 0 Å². The highest BCUT2D eigenvalue weighted by molar-refractivity contribution is 6.09. The largest absolute Gasteiger partial charge is 0.493 e. The summed E-state index contributed by atoms with van der Waals surface area (Å²) in [5, 5.41) is 7.07. The molecule has 7 nitrogen and oxygen atoms in total. The van der Waals surface area contributed by atoms with Crippen LogP contribution in [0, 0.1) is 13.8 Å². The van der Waals surface area contributed by atoms with Crippen molar-refractivity contribution in [2.45, 2.75) is 53.9 Å². The molecule has 0 spiro atoms. The predicted molar refractivity (Wildman–Crippen MR) is 198 cm³/mol. The van der Waals surface area contributed by atoms with Gasteiger partial charge in [-0.15, -0.1) is 0 Å². The Morgan fingerprint density at radius 2 is 1.43 bits per heavy atom. The Balaban J connectivity index is 1.25. The Kier molecular flexibility index (Phi) is 8.37. The van der Waals surface area contributed by atoms with E-state index in [0.717, 1.165) is 67.4 Å². The maximum atomic E-state index is 6.52. The number of ether oxygens (including phenoxy) is 3. The molecule has 0 saturated heterocycles. The summed E-state index contributed by atoms with van der Waals surface area (Å²) in [4.78, 5) is 4.82. The molecule has 0 fully saturated rings. The van der Waals surface area contributed by atoms with Gasteiger partial charge < -0.3 is 14.2 Å². The molecule has 0 bridgehead atoms. The molecule has 0 amide bonds. The van der Waals surface area contributed by atoms with E-state index in [0.29, 0.717) is 19.0 Å². The van der Waals surface area contributed by atoms with Crippen LogP contribution in [-0.4, -0.2) is 32.5 Å². The Labute approximate surface area is 287 Å². The first kappa shape index (κ1) is 32.0. The van der Waals surface area contributed by atoms with Crippen LogP contribution in [0.25, 0.3) is 44.4 Å². The number of fused-ring (bicyclic) bond motifs is 3. The number of hydrogen-bond donors (Lipinski definition) is 0. The first-order valence-electron chi connectivity index (χ1n) is 16.9. The number of aryl methyl sites for hydroxylation is 2. The average Bonchev–Trinajstić information content (AvgIpc) is 3.70. The van der Waals surface area contributed by atoms with Crippen molar-refractivity contribution in [3.8, 4) is 45.6 Å². The highest BCUT2D eigenvalue weighted by atomic mass is 16.5. The van der Waals surface area contributed by atoms with E-state index in [9.17, 15) is 0 Å². The monoisotopic (exact) mass is 650 g/mol. The first-order chi connectivity index (χ1) is 23.7. The maximum absolute atomic E-state index is 6.52. The second-order valence-corrected chi connectivity index (χ2v) is 13.4. The van der Waals surface area contributed by atoms with Gasteiger partial charge in [-0.05, 0) is 98.3 Å². The van der Waals surface area contributed by atoms with E-state index in [1.807, 2.05) is 67.5 Å². The Bertz CT molecular complexity index is 2280. The van der Waals surface area contributed by atoms with Crippen molar-refractivity contribution in [2.75, 3.05) is 13.2 Å². The van der Waals surface area contributed by atoms with Gasteiger partial charge >= 0.3 is 0 Å². The highest BCUT2D eigenvalue weighted by Crippen LogP contribution is 2.43. The molecule has 3 aromatic heterocycles. The number of benzene rings is 4. The Morgan fingerprint density at radius 3 is 2.16 bits per heavy atom. The molecular formula is C42H42N4O3. The second-order valence-electron chi connectivity index (χ2n) is 13.4. The lowest BCUT2D eigenvalue weighted by Gasteiger charge is -2.20. The molecule has 3 heterocycles. The molecule has 7 aromatic rings. The van der Waals surface area contributed by atoms with Crippen molar-refractivity contribution >= 4 is 21.8 Å². The summed E-state index contributed by atoms with van der Waals surface area (Å²) in [5.74, 6) is 3.97. The fourth-order valence-corrected chi connectivity index (χ4v) is 6.56. The zero-order chi connectivity index (χ0) is 34.3. The van der Waals surface area contributed by atoms with E-state index in [-0.39, 0.29) is 5.41 Å². The standard InChI is InChI=1S/C42H42N4O3/c1-8-47-40-27(3)21-28(4)41(48-9-2)39(40)29-25-44-45(26-29)31-13-12-14-32(23-31)49-33-17-18-35-34-15-10-11-16-36(34)46(37(35)24-33)38-22-30(19-20-43-38)42(5,6)7/h10-26H,8-9H2,1-7H3. The van der Waals surface area contributed by atoms with Crippen molar-refractivity contribution < 1.29 is 14.2 Å². The van der Waals surface area contributed by atoms with E-state index in [1.165, 1.54) is 10.9 Å². The fraction of sp³-hybridized carbons (Fsp3) is 0.238. The SMILES string of the molecule is CCOc1c(C)cc(C)c(OCC)c1-c1cnn(-c2cccc(Oc3ccc4c5ccccc5n(-c5cc(C(C)(C)C)ccn5)c4c3)c2)c1. The molecule has 7 rings (SSSR count). The number of nitrogens with zero attached hydrogens (tertiary/aromatic N) is 4. The molecule has 0 radical (unpaired) electrons. The van der Waals surface area contributed by atoms with Gasteiger partial charge in [-0.1, -0.05) is 45.0 Å². The number of hydrogen-bond acceptors (Lipinski definition) is 5. The predicted octanol–water partition coefficient (Wildman–Crippen LogP) is 10.5. The van der Waals surface area contributed by atoms with Crippen molar-refractivity contribution in [2.24, 2.45) is 0 Å². The van der Waals surface area contributed by atoms with Crippen molar-refractivity contribution in [1.29, 1.82) is 0 Å². The summed E-state index contributed by atoms with van der Waals surface area (Å²) in [6.45, 7) is 15.9. The molecule has 49 heavy (non-hydrogen) atoms. The van der Waals surface area contributed by atoms with E-state index in [1.54, 1.807) is 0 Å². The molecule has 0 unspecified atom stereocenters. The summed E-state index contributed by atoms with van der Waals surface area (Å²) >= 11 is 0. The number of para-hydroxylation sites is 1. The number of rotatable bonds is 9. The van der Waals surface area contributed by atoms with E-state index in [4.69, 9.17) is 24.3 Å². The summed E-state index contributed by atoms with van der Waals surface area (Å²) in [6, 6.07) is 29.1. The van der Waals surface area contributed by atoms with Gasteiger partial charge in [-0.2, -0.15) is 5.10 Å². The van der Waals surface area contributed by atoms with Crippen LogP contribution in [0.2, 0.25) is 0 Å². The van der Waals surface area contributed by atoms with Crippen molar-refractivity contribution in [3.05, 3.63) is 120 Å². The molecule has 0 atom stereocenters. The molecule has 0 aliphatic carbocycles. The van der Waals surface area contributed by atoms with E-state index in [2.05, 4.69) is 93.8 Å². The van der Waals surface area contributed by atoms with Crippen molar-refractivity contribution in [3.63, 3.8) is 0 Å². The lowest BCUT2D eigenvalue weighted by molar-refractivity contribution is 0.323. The average molecular weight is 651 g/mol. The number of aromatic nitrogens is 4. The van der Waals surface area contributed by atoms with Gasteiger partial charge in [-0.25, -0.2) is 9.67 Å². The molecule has 0 aliphatic heterocycles. The van der Waals surface area contributed by atoms with Gasteiger partial charge in [0.1, 0.15) is 28.8 Å². The molecular weight excluding hydrogens is 608 g/mol. The zero-order valence-electron chi connectivity index (χ0n) is 29.2. The smallest absolute Gasteiger partial charge is 0.137 e. The van der Waals surface area contributed by atoms with Crippen molar-refractivity contribution in [1.82, 2.24) is 19.3 Å². The van der Waals surface area contributed by atoms with Crippen LogP contribution < -0.4 is 14.2 Å².